The van der Waals surface area contributed by atoms with Gasteiger partial charge in [-0.15, -0.1) is 0 Å². The lowest BCUT2D eigenvalue weighted by molar-refractivity contribution is -0.137. The smallest absolute Gasteiger partial charge is 0.407 e. The van der Waals surface area contributed by atoms with Crippen LogP contribution in [0.15, 0.2) is 30.5 Å². The molecule has 2 fully saturated rings. The Kier molecular flexibility index (Phi) is 8.70. The summed E-state index contributed by atoms with van der Waals surface area (Å²) in [6.07, 6.45) is 2.96. The third kappa shape index (κ3) is 6.93. The lowest BCUT2D eigenvalue weighted by Gasteiger charge is -2.47. The van der Waals surface area contributed by atoms with Crippen LogP contribution in [0.4, 0.5) is 4.79 Å². The van der Waals surface area contributed by atoms with Crippen LogP contribution in [0, 0.1) is 6.92 Å². The summed E-state index contributed by atoms with van der Waals surface area (Å²) in [4.78, 5) is 34.5. The minimum absolute atomic E-state index is 0.0240. The monoisotopic (exact) mass is 566 g/mol. The quantitative estimate of drug-likeness (QED) is 0.566. The van der Waals surface area contributed by atoms with Crippen molar-refractivity contribution in [1.82, 2.24) is 20.1 Å². The Labute approximate surface area is 242 Å². The third-order valence-corrected chi connectivity index (χ3v) is 8.02. The fraction of sp³-hybridized carbons (Fsp3) is 0.581. The molecule has 3 atom stereocenters. The normalized spacial score (nSPS) is 22.8. The molecule has 1 N–H and O–H groups in total. The molecule has 3 aliphatic rings. The molecule has 3 aliphatic heterocycles. The van der Waals surface area contributed by atoms with Gasteiger partial charge in [0.2, 0.25) is 0 Å². The zero-order valence-electron chi connectivity index (χ0n) is 24.8. The maximum absolute atomic E-state index is 12.9. The number of aromatic nitrogens is 1. The molecule has 4 heterocycles. The summed E-state index contributed by atoms with van der Waals surface area (Å²) in [5, 5.41) is 3.18. The van der Waals surface area contributed by atoms with E-state index in [9.17, 15) is 9.59 Å². The van der Waals surface area contributed by atoms with Gasteiger partial charge in [0, 0.05) is 56.1 Å². The minimum atomic E-state index is -0.591. The van der Waals surface area contributed by atoms with Crippen LogP contribution in [0.5, 0.6) is 11.5 Å². The molecule has 0 saturated carbocycles. The number of methoxy groups -OCH3 is 1. The molecule has 5 rings (SSSR count). The van der Waals surface area contributed by atoms with Crippen LogP contribution < -0.4 is 14.8 Å². The first-order chi connectivity index (χ1) is 19.6. The number of aryl methyl sites for hydroxylation is 1. The van der Waals surface area contributed by atoms with Gasteiger partial charge in [-0.1, -0.05) is 0 Å². The minimum Gasteiger partial charge on any atom is -0.493 e. The number of hydrogen-bond donors (Lipinski definition) is 1. The Bertz CT molecular complexity index is 1260. The largest absolute Gasteiger partial charge is 0.493 e. The summed E-state index contributed by atoms with van der Waals surface area (Å²) in [7, 11) is 1.62. The van der Waals surface area contributed by atoms with Gasteiger partial charge in [0.15, 0.2) is 18.1 Å². The Balaban J connectivity index is 1.38. The number of fused-ring (bicyclic) bond motifs is 3. The molecular weight excluding hydrogens is 524 g/mol. The van der Waals surface area contributed by atoms with Crippen molar-refractivity contribution >= 4 is 12.0 Å². The number of alkyl carbamates (subject to hydrolysis) is 1. The highest BCUT2D eigenvalue weighted by atomic mass is 16.6. The number of benzene rings is 1. The molecule has 2 saturated heterocycles. The van der Waals surface area contributed by atoms with Crippen molar-refractivity contribution in [3.8, 4) is 11.5 Å². The highest BCUT2D eigenvalue weighted by molar-refractivity contribution is 5.78. The molecule has 0 unspecified atom stereocenters. The first-order valence-electron chi connectivity index (χ1n) is 14.5. The Morgan fingerprint density at radius 2 is 1.90 bits per heavy atom. The van der Waals surface area contributed by atoms with E-state index >= 15 is 0 Å². The lowest BCUT2D eigenvalue weighted by atomic mass is 9.79. The zero-order valence-corrected chi connectivity index (χ0v) is 24.8. The number of amides is 2. The topological polar surface area (TPSA) is 102 Å². The summed E-state index contributed by atoms with van der Waals surface area (Å²) < 4.78 is 22.7. The van der Waals surface area contributed by atoms with Gasteiger partial charge < -0.3 is 29.2 Å². The fourth-order valence-corrected chi connectivity index (χ4v) is 6.04. The predicted molar refractivity (Wildman–Crippen MR) is 153 cm³/mol. The van der Waals surface area contributed by atoms with Gasteiger partial charge in [-0.3, -0.25) is 14.7 Å². The Morgan fingerprint density at radius 3 is 2.61 bits per heavy atom. The number of nitrogens with one attached hydrogen (secondary N) is 1. The van der Waals surface area contributed by atoms with E-state index in [0.29, 0.717) is 44.2 Å². The number of rotatable bonds is 6. The van der Waals surface area contributed by atoms with Gasteiger partial charge in [0.1, 0.15) is 5.60 Å². The molecule has 0 aliphatic carbocycles. The van der Waals surface area contributed by atoms with E-state index in [1.165, 1.54) is 5.56 Å². The maximum atomic E-state index is 12.9. The van der Waals surface area contributed by atoms with Gasteiger partial charge in [0.25, 0.3) is 5.91 Å². The third-order valence-electron chi connectivity index (χ3n) is 8.02. The van der Waals surface area contributed by atoms with E-state index in [-0.39, 0.29) is 30.5 Å². The molecule has 1 aromatic carbocycles. The van der Waals surface area contributed by atoms with Gasteiger partial charge in [-0.25, -0.2) is 4.79 Å². The summed E-state index contributed by atoms with van der Waals surface area (Å²) in [6, 6.07) is 8.07. The van der Waals surface area contributed by atoms with Gasteiger partial charge in [-0.05, 0) is 81.5 Å². The van der Waals surface area contributed by atoms with Crippen molar-refractivity contribution in [3.63, 3.8) is 0 Å². The second-order valence-electron chi connectivity index (χ2n) is 12.1. The van der Waals surface area contributed by atoms with Crippen LogP contribution in [-0.2, 0) is 20.7 Å². The molecule has 222 valence electrons. The van der Waals surface area contributed by atoms with E-state index in [0.717, 1.165) is 36.3 Å². The number of morpholine rings is 1. The van der Waals surface area contributed by atoms with Crippen molar-refractivity contribution in [2.45, 2.75) is 64.1 Å². The van der Waals surface area contributed by atoms with Crippen molar-refractivity contribution < 1.29 is 28.5 Å². The summed E-state index contributed by atoms with van der Waals surface area (Å²) in [5.41, 5.74) is 3.85. The van der Waals surface area contributed by atoms with Crippen LogP contribution in [0.2, 0.25) is 0 Å². The standard InChI is InChI=1S/C31H42N4O6/c1-20-6-8-32-24(14-20)23-18-35-9-7-21-15-28(40-19-29(36)34-10-12-39-13-11-34)27(38-5)16-22(21)26(35)17-25(23)33-30(37)41-31(2,3)4/h6,8,14-16,23,25-26H,7,9-13,17-19H2,1-5H3,(H,33,37)/t23-,25-,26-/m1/s1. The fourth-order valence-electron chi connectivity index (χ4n) is 6.04. The molecule has 2 aromatic rings. The molecule has 41 heavy (non-hydrogen) atoms. The van der Waals surface area contributed by atoms with E-state index in [2.05, 4.69) is 23.2 Å². The van der Waals surface area contributed by atoms with Gasteiger partial charge in [0.05, 0.1) is 20.3 Å². The predicted octanol–water partition coefficient (Wildman–Crippen LogP) is 3.62. The van der Waals surface area contributed by atoms with Crippen LogP contribution in [0.3, 0.4) is 0 Å². The molecule has 0 radical (unpaired) electrons. The second kappa shape index (κ2) is 12.2. The van der Waals surface area contributed by atoms with Crippen LogP contribution >= 0.6 is 0 Å². The number of carbonyl (C=O) groups excluding carboxylic acids is 2. The van der Waals surface area contributed by atoms with Gasteiger partial charge >= 0.3 is 6.09 Å². The Morgan fingerprint density at radius 1 is 1.12 bits per heavy atom. The summed E-state index contributed by atoms with van der Waals surface area (Å²) in [5.74, 6) is 1.14. The lowest BCUT2D eigenvalue weighted by Crippen LogP contribution is -2.53. The zero-order chi connectivity index (χ0) is 29.1. The van der Waals surface area contributed by atoms with Crippen molar-refractivity contribution in [1.29, 1.82) is 0 Å². The van der Waals surface area contributed by atoms with E-state index in [1.807, 2.05) is 45.2 Å². The maximum Gasteiger partial charge on any atom is 0.407 e. The van der Waals surface area contributed by atoms with Crippen molar-refractivity contribution in [2.75, 3.05) is 53.1 Å². The highest BCUT2D eigenvalue weighted by Gasteiger charge is 2.41. The molecule has 0 spiro atoms. The molecule has 2 amide bonds. The summed E-state index contributed by atoms with van der Waals surface area (Å²) >= 11 is 0. The number of carbonyl (C=O) groups is 2. The van der Waals surface area contributed by atoms with E-state index in [4.69, 9.17) is 23.9 Å². The number of piperidine rings is 1. The molecular formula is C31H42N4O6. The average molecular weight is 567 g/mol. The number of hydrogen-bond acceptors (Lipinski definition) is 8. The van der Waals surface area contributed by atoms with Crippen LogP contribution in [-0.4, -0.2) is 91.5 Å². The first kappa shape index (κ1) is 29.1. The van der Waals surface area contributed by atoms with Crippen molar-refractivity contribution in [3.05, 3.63) is 52.8 Å². The molecule has 10 nitrogen and oxygen atoms in total. The van der Waals surface area contributed by atoms with Crippen LogP contribution in [0.1, 0.15) is 61.5 Å². The van der Waals surface area contributed by atoms with Crippen LogP contribution in [0.25, 0.3) is 0 Å². The van der Waals surface area contributed by atoms with Crippen molar-refractivity contribution in [2.24, 2.45) is 0 Å². The van der Waals surface area contributed by atoms with Gasteiger partial charge in [-0.2, -0.15) is 0 Å². The summed E-state index contributed by atoms with van der Waals surface area (Å²) in [6.45, 7) is 11.5. The molecule has 1 aromatic heterocycles. The van der Waals surface area contributed by atoms with E-state index in [1.54, 1.807) is 12.0 Å². The number of ether oxygens (including phenoxy) is 4. The Hall–Kier alpha value is -3.37. The second-order valence-corrected chi connectivity index (χ2v) is 12.1. The SMILES string of the molecule is COc1cc2c(cc1OCC(=O)N1CCOCC1)CCN1C[C@H](c3cc(C)ccn3)[C@H](NC(=O)OC(C)(C)C)C[C@H]21. The first-order valence-corrected chi connectivity index (χ1v) is 14.5. The highest BCUT2D eigenvalue weighted by Crippen LogP contribution is 2.44. The molecule has 10 heteroatoms. The molecule has 0 bridgehead atoms. The average Bonchev–Trinajstić information content (AvgIpc) is 2.94. The van der Waals surface area contributed by atoms with E-state index < -0.39 is 11.7 Å². The number of pyridine rings is 1. The number of nitrogens with zero attached hydrogens (tertiary/aromatic N) is 3.